The number of anilines is 1. The van der Waals surface area contributed by atoms with Crippen molar-refractivity contribution in [2.75, 3.05) is 19.0 Å². The lowest BCUT2D eigenvalue weighted by Gasteiger charge is -2.23. The van der Waals surface area contributed by atoms with Crippen LogP contribution in [0.2, 0.25) is 0 Å². The fourth-order valence-electron chi connectivity index (χ4n) is 3.31. The topological polar surface area (TPSA) is 71.8 Å². The number of likely N-dealkylation sites (N-methyl/N-ethyl adjacent to an activating group) is 1. The number of ether oxygens (including phenoxy) is 1. The predicted octanol–water partition coefficient (Wildman–Crippen LogP) is 3.92. The normalized spacial score (nSPS) is 14.3. The Balaban J connectivity index is 1.39. The third kappa shape index (κ3) is 3.58. The molecule has 0 aliphatic carbocycles. The third-order valence-corrected chi connectivity index (χ3v) is 5.17. The number of nitrogens with one attached hydrogen (secondary N) is 1. The van der Waals surface area contributed by atoms with E-state index in [-0.39, 0.29) is 24.5 Å². The van der Waals surface area contributed by atoms with Crippen LogP contribution in [0.1, 0.15) is 30.7 Å². The van der Waals surface area contributed by atoms with Crippen LogP contribution in [0.15, 0.2) is 52.9 Å². The molecule has 0 radical (unpaired) electrons. The zero-order valence-electron chi connectivity index (χ0n) is 15.9. The summed E-state index contributed by atoms with van der Waals surface area (Å²) in [6, 6.07) is 15.0. The van der Waals surface area contributed by atoms with Crippen LogP contribution >= 0.6 is 0 Å². The molecule has 1 unspecified atom stereocenters. The van der Waals surface area contributed by atoms with Gasteiger partial charge in [0.1, 0.15) is 17.1 Å². The maximum absolute atomic E-state index is 12.6. The molecule has 1 aliphatic heterocycles. The first-order valence-corrected chi connectivity index (χ1v) is 9.31. The van der Waals surface area contributed by atoms with E-state index in [1.165, 1.54) is 0 Å². The standard InChI is InChI=1S/C22H22N2O4/c1-14(20-12-16-5-3-4-6-19(16)28-20)24(2)22(26)13-27-17-8-9-18-15(11-17)7-10-21(25)23-18/h3-6,8-9,11-12,14H,7,10,13H2,1-2H3,(H,23,25). The van der Waals surface area contributed by atoms with E-state index in [2.05, 4.69) is 5.32 Å². The van der Waals surface area contributed by atoms with Crippen molar-refractivity contribution >= 4 is 28.5 Å². The zero-order valence-corrected chi connectivity index (χ0v) is 15.9. The van der Waals surface area contributed by atoms with Crippen molar-refractivity contribution < 1.29 is 18.7 Å². The molecule has 2 heterocycles. The van der Waals surface area contributed by atoms with Crippen LogP contribution in [0.4, 0.5) is 5.69 Å². The van der Waals surface area contributed by atoms with E-state index >= 15 is 0 Å². The molecule has 3 aromatic rings. The average Bonchev–Trinajstić information content (AvgIpc) is 3.15. The number of carbonyl (C=O) groups is 2. The van der Waals surface area contributed by atoms with Gasteiger partial charge in [-0.15, -0.1) is 0 Å². The highest BCUT2D eigenvalue weighted by molar-refractivity contribution is 5.94. The predicted molar refractivity (Wildman–Crippen MR) is 106 cm³/mol. The van der Waals surface area contributed by atoms with Crippen molar-refractivity contribution in [3.05, 3.63) is 59.9 Å². The van der Waals surface area contributed by atoms with E-state index in [9.17, 15) is 9.59 Å². The van der Waals surface area contributed by atoms with Gasteiger partial charge in [-0.25, -0.2) is 0 Å². The molecule has 1 aromatic heterocycles. The molecule has 0 saturated carbocycles. The van der Waals surface area contributed by atoms with E-state index in [1.807, 2.05) is 49.4 Å². The minimum Gasteiger partial charge on any atom is -0.484 e. The molecule has 0 spiro atoms. The first kappa shape index (κ1) is 18.1. The number of amides is 2. The lowest BCUT2D eigenvalue weighted by molar-refractivity contribution is -0.134. The number of aryl methyl sites for hydroxylation is 1. The van der Waals surface area contributed by atoms with E-state index in [4.69, 9.17) is 9.15 Å². The minimum atomic E-state index is -0.206. The summed E-state index contributed by atoms with van der Waals surface area (Å²) >= 11 is 0. The smallest absolute Gasteiger partial charge is 0.260 e. The van der Waals surface area contributed by atoms with Gasteiger partial charge < -0.3 is 19.4 Å². The van der Waals surface area contributed by atoms with Crippen molar-refractivity contribution in [1.29, 1.82) is 0 Å². The van der Waals surface area contributed by atoms with E-state index in [0.29, 0.717) is 18.6 Å². The Morgan fingerprint density at radius 2 is 2.04 bits per heavy atom. The van der Waals surface area contributed by atoms with Gasteiger partial charge in [-0.2, -0.15) is 0 Å². The van der Waals surface area contributed by atoms with Crippen LogP contribution in [0, 0.1) is 0 Å². The summed E-state index contributed by atoms with van der Waals surface area (Å²) in [4.78, 5) is 25.6. The fourth-order valence-corrected chi connectivity index (χ4v) is 3.31. The van der Waals surface area contributed by atoms with Crippen molar-refractivity contribution in [2.24, 2.45) is 0 Å². The minimum absolute atomic E-state index is 0.0255. The maximum Gasteiger partial charge on any atom is 0.260 e. The number of benzene rings is 2. The first-order chi connectivity index (χ1) is 13.5. The van der Waals surface area contributed by atoms with Crippen LogP contribution in [0.5, 0.6) is 5.75 Å². The van der Waals surface area contributed by atoms with Gasteiger partial charge in [-0.05, 0) is 49.2 Å². The summed E-state index contributed by atoms with van der Waals surface area (Å²) in [5.41, 5.74) is 2.64. The molecule has 0 saturated heterocycles. The third-order valence-electron chi connectivity index (χ3n) is 5.17. The summed E-state index contributed by atoms with van der Waals surface area (Å²) in [7, 11) is 1.74. The summed E-state index contributed by atoms with van der Waals surface area (Å²) < 4.78 is 11.6. The first-order valence-electron chi connectivity index (χ1n) is 9.31. The maximum atomic E-state index is 12.6. The summed E-state index contributed by atoms with van der Waals surface area (Å²) in [6.45, 7) is 1.86. The van der Waals surface area contributed by atoms with Gasteiger partial charge >= 0.3 is 0 Å². The van der Waals surface area contributed by atoms with Gasteiger partial charge in [0.25, 0.3) is 5.91 Å². The Hall–Kier alpha value is -3.28. The molecular formula is C22H22N2O4. The molecule has 1 aliphatic rings. The van der Waals surface area contributed by atoms with Crippen LogP contribution < -0.4 is 10.1 Å². The van der Waals surface area contributed by atoms with Gasteiger partial charge in [0.2, 0.25) is 5.91 Å². The van der Waals surface area contributed by atoms with Crippen LogP contribution in [0.25, 0.3) is 11.0 Å². The molecule has 1 atom stereocenters. The number of furan rings is 1. The van der Waals surface area contributed by atoms with Gasteiger partial charge in [0.15, 0.2) is 6.61 Å². The molecule has 0 bridgehead atoms. The van der Waals surface area contributed by atoms with Crippen molar-refractivity contribution in [1.82, 2.24) is 4.90 Å². The fraction of sp³-hybridized carbons (Fsp3) is 0.273. The molecule has 2 aromatic carbocycles. The van der Waals surface area contributed by atoms with E-state index in [1.54, 1.807) is 18.0 Å². The number of hydrogen-bond acceptors (Lipinski definition) is 4. The van der Waals surface area contributed by atoms with E-state index in [0.717, 1.165) is 28.0 Å². The molecule has 6 nitrogen and oxygen atoms in total. The Kier molecular flexibility index (Phi) is 4.77. The van der Waals surface area contributed by atoms with E-state index < -0.39 is 0 Å². The van der Waals surface area contributed by atoms with Crippen molar-refractivity contribution in [3.63, 3.8) is 0 Å². The number of hydrogen-bond donors (Lipinski definition) is 1. The number of nitrogens with zero attached hydrogens (tertiary/aromatic N) is 1. The summed E-state index contributed by atoms with van der Waals surface area (Å²) in [5, 5.41) is 3.85. The Morgan fingerprint density at radius 1 is 1.21 bits per heavy atom. The zero-order chi connectivity index (χ0) is 19.7. The largest absolute Gasteiger partial charge is 0.484 e. The second kappa shape index (κ2) is 7.38. The second-order valence-corrected chi connectivity index (χ2v) is 7.02. The molecule has 0 fully saturated rings. The van der Waals surface area contributed by atoms with Crippen LogP contribution in [-0.2, 0) is 16.0 Å². The number of para-hydroxylation sites is 1. The molecule has 6 heteroatoms. The lowest BCUT2D eigenvalue weighted by Crippen LogP contribution is -2.33. The Bertz CT molecular complexity index is 1010. The SMILES string of the molecule is CC(c1cc2ccccc2o1)N(C)C(=O)COc1ccc2c(c1)CCC(=O)N2. The lowest BCUT2D eigenvalue weighted by atomic mass is 10.0. The monoisotopic (exact) mass is 378 g/mol. The van der Waals surface area contributed by atoms with Gasteiger partial charge in [-0.1, -0.05) is 18.2 Å². The molecule has 4 rings (SSSR count). The molecule has 2 amide bonds. The average molecular weight is 378 g/mol. The second-order valence-electron chi connectivity index (χ2n) is 7.02. The number of fused-ring (bicyclic) bond motifs is 2. The Labute approximate surface area is 163 Å². The molecule has 28 heavy (non-hydrogen) atoms. The summed E-state index contributed by atoms with van der Waals surface area (Å²) in [5.74, 6) is 1.24. The number of rotatable bonds is 5. The molecular weight excluding hydrogens is 356 g/mol. The van der Waals surface area contributed by atoms with Gasteiger partial charge in [0, 0.05) is 24.5 Å². The highest BCUT2D eigenvalue weighted by Crippen LogP contribution is 2.28. The van der Waals surface area contributed by atoms with Crippen LogP contribution in [-0.4, -0.2) is 30.4 Å². The number of carbonyl (C=O) groups excluding carboxylic acids is 2. The van der Waals surface area contributed by atoms with Crippen LogP contribution in [0.3, 0.4) is 0 Å². The van der Waals surface area contributed by atoms with Gasteiger partial charge in [0.05, 0.1) is 6.04 Å². The quantitative estimate of drug-likeness (QED) is 0.731. The highest BCUT2D eigenvalue weighted by Gasteiger charge is 2.21. The van der Waals surface area contributed by atoms with Crippen molar-refractivity contribution in [2.45, 2.75) is 25.8 Å². The highest BCUT2D eigenvalue weighted by atomic mass is 16.5. The Morgan fingerprint density at radius 3 is 2.86 bits per heavy atom. The summed E-state index contributed by atoms with van der Waals surface area (Å²) in [6.07, 6.45) is 1.14. The molecule has 1 N–H and O–H groups in total. The van der Waals surface area contributed by atoms with Crippen molar-refractivity contribution in [3.8, 4) is 5.75 Å². The molecule has 144 valence electrons. The van der Waals surface area contributed by atoms with Gasteiger partial charge in [-0.3, -0.25) is 9.59 Å².